The fraction of sp³-hybridized carbons (Fsp3) is 0.889. The minimum atomic E-state index is 0.377. The van der Waals surface area contributed by atoms with E-state index in [4.69, 9.17) is 0 Å². The first-order chi connectivity index (χ1) is 11.8. The van der Waals surface area contributed by atoms with Crippen LogP contribution in [0.15, 0.2) is 10.3 Å². The molecular weight excluding hydrogens is 304 g/mol. The average molecular weight is 332 g/mol. The van der Waals surface area contributed by atoms with Crippen LogP contribution in [-0.2, 0) is 0 Å². The maximum Gasteiger partial charge on any atom is 0.0775 e. The van der Waals surface area contributed by atoms with Crippen LogP contribution >= 0.6 is 0 Å². The zero-order chi connectivity index (χ0) is 16.3. The van der Waals surface area contributed by atoms with Crippen molar-refractivity contribution in [3.05, 3.63) is 0 Å². The van der Waals surface area contributed by atoms with E-state index >= 15 is 0 Å². The van der Waals surface area contributed by atoms with Gasteiger partial charge in [-0.1, -0.05) is 10.3 Å². The Morgan fingerprint density at radius 3 is 1.46 bits per heavy atom. The number of nitrogens with zero attached hydrogens (tertiary/aromatic N) is 4. The second-order valence-corrected chi connectivity index (χ2v) is 8.55. The molecule has 0 unspecified atom stereocenters. The standard InChI is InChI=1S/C18H28N4O2/c23-19-15-11-1-3-13(9-11)17(15)21-5-7-22(8-6-21)18-14-4-2-12(10-14)16(18)20-24/h11-14,17-18,23-24H,1-10H2/b19-15+,20-16+/t11-,12-,13-,14+,17-,18+/m0/s1. The van der Waals surface area contributed by atoms with Gasteiger partial charge in [0, 0.05) is 38.0 Å². The van der Waals surface area contributed by atoms with Gasteiger partial charge in [0.15, 0.2) is 0 Å². The Bertz CT molecular complexity index is 519. The molecule has 0 radical (unpaired) electrons. The van der Waals surface area contributed by atoms with Crippen LogP contribution in [-0.4, -0.2) is 69.9 Å². The molecule has 1 saturated heterocycles. The van der Waals surface area contributed by atoms with E-state index in [9.17, 15) is 10.4 Å². The van der Waals surface area contributed by atoms with Crippen LogP contribution in [0.5, 0.6) is 0 Å². The molecule has 0 amide bonds. The van der Waals surface area contributed by atoms with Crippen LogP contribution in [0.1, 0.15) is 38.5 Å². The van der Waals surface area contributed by atoms with Crippen LogP contribution in [0, 0.1) is 23.7 Å². The monoisotopic (exact) mass is 332 g/mol. The van der Waals surface area contributed by atoms with Gasteiger partial charge in [0.2, 0.25) is 0 Å². The minimum absolute atomic E-state index is 0.377. The van der Waals surface area contributed by atoms with E-state index in [2.05, 4.69) is 20.1 Å². The maximum atomic E-state index is 9.46. The Kier molecular flexibility index (Phi) is 3.59. The predicted octanol–water partition coefficient (Wildman–Crippen LogP) is 1.86. The molecule has 132 valence electrons. The molecule has 4 bridgehead atoms. The van der Waals surface area contributed by atoms with Crippen molar-refractivity contribution in [2.75, 3.05) is 26.2 Å². The van der Waals surface area contributed by atoms with E-state index in [1.807, 2.05) is 0 Å². The molecule has 4 aliphatic carbocycles. The molecule has 6 heteroatoms. The van der Waals surface area contributed by atoms with E-state index in [1.165, 1.54) is 38.5 Å². The fourth-order valence-electron chi connectivity index (χ4n) is 6.66. The molecule has 24 heavy (non-hydrogen) atoms. The van der Waals surface area contributed by atoms with Crippen molar-refractivity contribution < 1.29 is 10.4 Å². The molecule has 1 heterocycles. The fourth-order valence-corrected chi connectivity index (χ4v) is 6.66. The Balaban J connectivity index is 1.27. The Morgan fingerprint density at radius 2 is 1.08 bits per heavy atom. The van der Waals surface area contributed by atoms with Gasteiger partial charge in [0.05, 0.1) is 23.5 Å². The molecule has 0 spiro atoms. The normalized spacial score (nSPS) is 49.0. The number of hydrogen-bond donors (Lipinski definition) is 2. The summed E-state index contributed by atoms with van der Waals surface area (Å²) in [5, 5.41) is 26.3. The van der Waals surface area contributed by atoms with Crippen molar-refractivity contribution in [1.29, 1.82) is 0 Å². The molecule has 0 aromatic heterocycles. The highest BCUT2D eigenvalue weighted by Gasteiger charge is 2.51. The highest BCUT2D eigenvalue weighted by atomic mass is 16.4. The van der Waals surface area contributed by atoms with E-state index < -0.39 is 0 Å². The van der Waals surface area contributed by atoms with Gasteiger partial charge in [-0.25, -0.2) is 0 Å². The largest absolute Gasteiger partial charge is 0.411 e. The summed E-state index contributed by atoms with van der Waals surface area (Å²) in [5.41, 5.74) is 2.11. The quantitative estimate of drug-likeness (QED) is 0.598. The minimum Gasteiger partial charge on any atom is -0.411 e. The highest BCUT2D eigenvalue weighted by Crippen LogP contribution is 2.47. The summed E-state index contributed by atoms with van der Waals surface area (Å²) >= 11 is 0. The number of piperazine rings is 1. The summed E-state index contributed by atoms with van der Waals surface area (Å²) in [6.45, 7) is 4.16. The number of rotatable bonds is 2. The molecule has 2 N–H and O–H groups in total. The van der Waals surface area contributed by atoms with Gasteiger partial charge >= 0.3 is 0 Å². The van der Waals surface area contributed by atoms with E-state index in [1.54, 1.807) is 0 Å². The van der Waals surface area contributed by atoms with Crippen molar-refractivity contribution in [2.45, 2.75) is 50.6 Å². The van der Waals surface area contributed by atoms with Gasteiger partial charge in [-0.2, -0.15) is 0 Å². The summed E-state index contributed by atoms with van der Waals surface area (Å²) in [7, 11) is 0. The van der Waals surface area contributed by atoms with Crippen LogP contribution in [0.3, 0.4) is 0 Å². The maximum absolute atomic E-state index is 9.46. The molecule has 0 aromatic rings. The lowest BCUT2D eigenvalue weighted by atomic mass is 9.90. The van der Waals surface area contributed by atoms with Crippen LogP contribution in [0.2, 0.25) is 0 Å². The van der Waals surface area contributed by atoms with Gasteiger partial charge in [-0.05, 0) is 50.4 Å². The first-order valence-corrected chi connectivity index (χ1v) is 9.72. The summed E-state index contributed by atoms with van der Waals surface area (Å²) in [4.78, 5) is 5.11. The Hall–Kier alpha value is -1.14. The van der Waals surface area contributed by atoms with E-state index in [-0.39, 0.29) is 0 Å². The lowest BCUT2D eigenvalue weighted by molar-refractivity contribution is 0.0745. The van der Waals surface area contributed by atoms with Crippen LogP contribution < -0.4 is 0 Å². The molecule has 0 aromatic carbocycles. The van der Waals surface area contributed by atoms with Crippen LogP contribution in [0.25, 0.3) is 0 Å². The van der Waals surface area contributed by atoms with Gasteiger partial charge < -0.3 is 10.4 Å². The first-order valence-electron chi connectivity index (χ1n) is 9.72. The lowest BCUT2D eigenvalue weighted by Crippen LogP contribution is -2.58. The summed E-state index contributed by atoms with van der Waals surface area (Å²) in [6, 6.07) is 0.754. The predicted molar refractivity (Wildman–Crippen MR) is 90.8 cm³/mol. The summed E-state index contributed by atoms with van der Waals surface area (Å²) in [5.74, 6) is 2.46. The molecule has 4 saturated carbocycles. The van der Waals surface area contributed by atoms with Crippen LogP contribution in [0.4, 0.5) is 0 Å². The zero-order valence-corrected chi connectivity index (χ0v) is 14.2. The smallest absolute Gasteiger partial charge is 0.0775 e. The SMILES string of the molecule is O/N=C1\[C@H]2CC[C@@H](C2)[C@@H]1N1CCN([C@H]2/C(=N/O)[C@H]3CC[C@@H]2C3)CC1. The second kappa shape index (κ2) is 5.70. The molecule has 6 atom stereocenters. The summed E-state index contributed by atoms with van der Waals surface area (Å²) in [6.07, 6.45) is 7.45. The van der Waals surface area contributed by atoms with Gasteiger partial charge in [-0.15, -0.1) is 0 Å². The van der Waals surface area contributed by atoms with E-state index in [0.29, 0.717) is 35.8 Å². The number of hydrogen-bond acceptors (Lipinski definition) is 6. The van der Waals surface area contributed by atoms with Crippen molar-refractivity contribution in [3.8, 4) is 0 Å². The Labute approximate surface area is 143 Å². The third kappa shape index (κ3) is 2.08. The topological polar surface area (TPSA) is 71.7 Å². The first kappa shape index (κ1) is 15.1. The summed E-state index contributed by atoms with van der Waals surface area (Å²) < 4.78 is 0. The third-order valence-corrected chi connectivity index (χ3v) is 7.65. The van der Waals surface area contributed by atoms with Crippen molar-refractivity contribution in [2.24, 2.45) is 34.0 Å². The second-order valence-electron chi connectivity index (χ2n) is 8.55. The van der Waals surface area contributed by atoms with Crippen molar-refractivity contribution >= 4 is 11.4 Å². The van der Waals surface area contributed by atoms with Gasteiger partial charge in [0.25, 0.3) is 0 Å². The molecule has 5 aliphatic rings. The molecule has 1 aliphatic heterocycles. The molecule has 6 nitrogen and oxygen atoms in total. The third-order valence-electron chi connectivity index (χ3n) is 7.65. The van der Waals surface area contributed by atoms with Crippen molar-refractivity contribution in [1.82, 2.24) is 9.80 Å². The lowest BCUT2D eigenvalue weighted by Gasteiger charge is -2.44. The highest BCUT2D eigenvalue weighted by molar-refractivity contribution is 5.95. The van der Waals surface area contributed by atoms with Gasteiger partial charge in [0.1, 0.15) is 0 Å². The number of fused-ring (bicyclic) bond motifs is 4. The molecule has 5 rings (SSSR count). The number of oxime groups is 2. The van der Waals surface area contributed by atoms with E-state index in [0.717, 1.165) is 37.6 Å². The molecule has 5 fully saturated rings. The zero-order valence-electron chi connectivity index (χ0n) is 14.2. The van der Waals surface area contributed by atoms with Crippen molar-refractivity contribution in [3.63, 3.8) is 0 Å². The average Bonchev–Trinajstić information content (AvgIpc) is 3.39. The van der Waals surface area contributed by atoms with Gasteiger partial charge in [-0.3, -0.25) is 9.80 Å². The Morgan fingerprint density at radius 1 is 0.667 bits per heavy atom. The molecular formula is C18H28N4O2.